The first-order valence-corrected chi connectivity index (χ1v) is 8.22. The van der Waals surface area contributed by atoms with Gasteiger partial charge in [-0.05, 0) is 37.5 Å². The van der Waals surface area contributed by atoms with E-state index in [0.717, 1.165) is 18.4 Å². The van der Waals surface area contributed by atoms with Crippen molar-refractivity contribution in [3.05, 3.63) is 71.0 Å². The number of halogens is 1. The van der Waals surface area contributed by atoms with Crippen LogP contribution in [0.15, 0.2) is 48.5 Å². The van der Waals surface area contributed by atoms with Crippen LogP contribution in [0.25, 0.3) is 0 Å². The lowest BCUT2D eigenvalue weighted by Gasteiger charge is -2.25. The number of hydrogen-bond donors (Lipinski definition) is 2. The van der Waals surface area contributed by atoms with Crippen molar-refractivity contribution in [3.8, 4) is 6.07 Å². The zero-order valence-electron chi connectivity index (χ0n) is 13.7. The summed E-state index contributed by atoms with van der Waals surface area (Å²) in [6, 6.07) is 16.0. The van der Waals surface area contributed by atoms with E-state index in [0.29, 0.717) is 17.7 Å². The van der Waals surface area contributed by atoms with Crippen LogP contribution in [0.2, 0.25) is 0 Å². The van der Waals surface area contributed by atoms with E-state index in [1.807, 2.05) is 43.3 Å². The van der Waals surface area contributed by atoms with Crippen molar-refractivity contribution in [1.82, 2.24) is 5.32 Å². The minimum absolute atomic E-state index is 0.168. The second-order valence-corrected chi connectivity index (χ2v) is 6.63. The normalized spacial score (nSPS) is 17.8. The number of nitrogens with zero attached hydrogens (tertiary/aromatic N) is 1. The molecule has 3 rings (SSSR count). The van der Waals surface area contributed by atoms with Crippen LogP contribution in [0.1, 0.15) is 48.6 Å². The minimum atomic E-state index is -0.510. The number of aliphatic hydroxyl groups excluding tert-OH is 1. The molecule has 0 amide bonds. The third-order valence-electron chi connectivity index (χ3n) is 4.94. The van der Waals surface area contributed by atoms with Crippen molar-refractivity contribution in [1.29, 1.82) is 5.26 Å². The van der Waals surface area contributed by atoms with E-state index in [9.17, 15) is 9.50 Å². The summed E-state index contributed by atoms with van der Waals surface area (Å²) in [7, 11) is 0. The van der Waals surface area contributed by atoms with Gasteiger partial charge in [0.2, 0.25) is 0 Å². The van der Waals surface area contributed by atoms with Crippen molar-refractivity contribution < 1.29 is 9.50 Å². The molecule has 2 aromatic rings. The SMILES string of the molecule is CC(NCC1(C(O)c2ccccc2)CC1)c1ccc(C#N)cc1F. The van der Waals surface area contributed by atoms with Crippen LogP contribution >= 0.6 is 0 Å². The number of nitrogens with one attached hydrogen (secondary N) is 1. The molecule has 1 aliphatic rings. The molecule has 0 aliphatic heterocycles. The van der Waals surface area contributed by atoms with Crippen LogP contribution in [0.5, 0.6) is 0 Å². The van der Waals surface area contributed by atoms with Crippen LogP contribution < -0.4 is 5.32 Å². The van der Waals surface area contributed by atoms with Crippen molar-refractivity contribution in [2.24, 2.45) is 5.41 Å². The molecule has 1 saturated carbocycles. The number of benzene rings is 2. The van der Waals surface area contributed by atoms with Crippen molar-refractivity contribution in [3.63, 3.8) is 0 Å². The smallest absolute Gasteiger partial charge is 0.129 e. The predicted molar refractivity (Wildman–Crippen MR) is 90.6 cm³/mol. The molecule has 0 heterocycles. The number of nitriles is 1. The second-order valence-electron chi connectivity index (χ2n) is 6.63. The molecule has 124 valence electrons. The molecule has 2 aromatic carbocycles. The fraction of sp³-hybridized carbons (Fsp3) is 0.350. The third-order valence-corrected chi connectivity index (χ3v) is 4.94. The second kappa shape index (κ2) is 6.72. The molecule has 2 N–H and O–H groups in total. The predicted octanol–water partition coefficient (Wildman–Crippen LogP) is 3.86. The van der Waals surface area contributed by atoms with E-state index in [1.165, 1.54) is 6.07 Å². The number of rotatable bonds is 6. The maximum atomic E-state index is 14.1. The van der Waals surface area contributed by atoms with E-state index in [1.54, 1.807) is 12.1 Å². The van der Waals surface area contributed by atoms with Gasteiger partial charge in [0.15, 0.2) is 0 Å². The lowest BCUT2D eigenvalue weighted by molar-refractivity contribution is 0.0902. The topological polar surface area (TPSA) is 56.0 Å². The zero-order chi connectivity index (χ0) is 17.2. The van der Waals surface area contributed by atoms with Crippen LogP contribution in [0.3, 0.4) is 0 Å². The van der Waals surface area contributed by atoms with Gasteiger partial charge in [0.1, 0.15) is 5.82 Å². The molecule has 0 bridgehead atoms. The van der Waals surface area contributed by atoms with Gasteiger partial charge in [-0.15, -0.1) is 0 Å². The Labute approximate surface area is 141 Å². The zero-order valence-corrected chi connectivity index (χ0v) is 13.7. The molecule has 1 aliphatic carbocycles. The van der Waals surface area contributed by atoms with Crippen molar-refractivity contribution >= 4 is 0 Å². The van der Waals surface area contributed by atoms with Gasteiger partial charge in [-0.3, -0.25) is 0 Å². The fourth-order valence-corrected chi connectivity index (χ4v) is 3.11. The summed E-state index contributed by atoms with van der Waals surface area (Å²) in [6.45, 7) is 2.53. The molecule has 2 atom stereocenters. The molecule has 4 heteroatoms. The van der Waals surface area contributed by atoms with Crippen LogP contribution in [-0.4, -0.2) is 11.7 Å². The third kappa shape index (κ3) is 3.33. The summed E-state index contributed by atoms with van der Waals surface area (Å²) < 4.78 is 14.1. The van der Waals surface area contributed by atoms with Gasteiger partial charge < -0.3 is 10.4 Å². The van der Waals surface area contributed by atoms with Crippen LogP contribution in [0, 0.1) is 22.6 Å². The first-order valence-electron chi connectivity index (χ1n) is 8.22. The van der Waals surface area contributed by atoms with Gasteiger partial charge in [-0.1, -0.05) is 36.4 Å². The van der Waals surface area contributed by atoms with Crippen LogP contribution in [-0.2, 0) is 0 Å². The highest BCUT2D eigenvalue weighted by molar-refractivity contribution is 5.34. The minimum Gasteiger partial charge on any atom is -0.388 e. The summed E-state index contributed by atoms with van der Waals surface area (Å²) in [4.78, 5) is 0. The Bertz CT molecular complexity index is 750. The molecular weight excluding hydrogens is 303 g/mol. The number of hydrogen-bond acceptors (Lipinski definition) is 3. The molecule has 2 unspecified atom stereocenters. The largest absolute Gasteiger partial charge is 0.388 e. The Kier molecular flexibility index (Phi) is 4.66. The molecule has 0 aromatic heterocycles. The van der Waals surface area contributed by atoms with Gasteiger partial charge in [0.25, 0.3) is 0 Å². The molecular formula is C20H21FN2O. The van der Waals surface area contributed by atoms with E-state index in [-0.39, 0.29) is 17.3 Å². The van der Waals surface area contributed by atoms with E-state index < -0.39 is 6.10 Å². The summed E-state index contributed by atoms with van der Waals surface area (Å²) in [5.74, 6) is -0.373. The van der Waals surface area contributed by atoms with Gasteiger partial charge >= 0.3 is 0 Å². The Hall–Kier alpha value is -2.22. The van der Waals surface area contributed by atoms with Gasteiger partial charge in [0.05, 0.1) is 17.7 Å². The molecule has 24 heavy (non-hydrogen) atoms. The highest BCUT2D eigenvalue weighted by Gasteiger charge is 2.49. The van der Waals surface area contributed by atoms with E-state index >= 15 is 0 Å². The van der Waals surface area contributed by atoms with Gasteiger partial charge in [-0.2, -0.15) is 5.26 Å². The molecule has 1 fully saturated rings. The van der Waals surface area contributed by atoms with Crippen molar-refractivity contribution in [2.45, 2.75) is 31.9 Å². The Balaban J connectivity index is 1.66. The monoisotopic (exact) mass is 324 g/mol. The van der Waals surface area contributed by atoms with Gasteiger partial charge in [-0.25, -0.2) is 4.39 Å². The molecule has 3 nitrogen and oxygen atoms in total. The first kappa shape index (κ1) is 16.6. The standard InChI is InChI=1S/C20H21FN2O/c1-14(17-8-7-15(12-22)11-18(17)21)23-13-20(9-10-20)19(24)16-5-3-2-4-6-16/h2-8,11,14,19,23-24H,9-10,13H2,1H3. The van der Waals surface area contributed by atoms with Crippen molar-refractivity contribution in [2.75, 3.05) is 6.54 Å². The van der Waals surface area contributed by atoms with E-state index in [2.05, 4.69) is 5.32 Å². The summed E-state index contributed by atoms with van der Waals surface area (Å²) in [6.07, 6.45) is 1.40. The Morgan fingerprint density at radius 3 is 2.54 bits per heavy atom. The first-order chi connectivity index (χ1) is 11.6. The maximum Gasteiger partial charge on any atom is 0.129 e. The average molecular weight is 324 g/mol. The number of aliphatic hydroxyl groups is 1. The Morgan fingerprint density at radius 1 is 1.25 bits per heavy atom. The lowest BCUT2D eigenvalue weighted by atomic mass is 9.92. The average Bonchev–Trinajstić information content (AvgIpc) is 3.41. The van der Waals surface area contributed by atoms with E-state index in [4.69, 9.17) is 5.26 Å². The summed E-state index contributed by atoms with van der Waals surface area (Å²) in [5.41, 5.74) is 1.62. The van der Waals surface area contributed by atoms with Gasteiger partial charge in [0, 0.05) is 23.6 Å². The summed E-state index contributed by atoms with van der Waals surface area (Å²) >= 11 is 0. The maximum absolute atomic E-state index is 14.1. The molecule has 0 radical (unpaired) electrons. The Morgan fingerprint density at radius 2 is 1.96 bits per heavy atom. The summed E-state index contributed by atoms with van der Waals surface area (Å²) in [5, 5.41) is 22.8. The molecule has 0 saturated heterocycles. The fourth-order valence-electron chi connectivity index (χ4n) is 3.11. The quantitative estimate of drug-likeness (QED) is 0.848. The highest BCUT2D eigenvalue weighted by atomic mass is 19.1. The lowest BCUT2D eigenvalue weighted by Crippen LogP contribution is -2.31. The van der Waals surface area contributed by atoms with Crippen LogP contribution in [0.4, 0.5) is 4.39 Å². The molecule has 0 spiro atoms. The highest BCUT2D eigenvalue weighted by Crippen LogP contribution is 2.54.